The normalized spacial score (nSPS) is 20.0. The summed E-state index contributed by atoms with van der Waals surface area (Å²) in [5.74, 6) is 2.69. The molecule has 1 aromatic carbocycles. The second-order valence-corrected chi connectivity index (χ2v) is 7.99. The number of nitrogens with zero attached hydrogens (tertiary/aromatic N) is 2. The summed E-state index contributed by atoms with van der Waals surface area (Å²) in [7, 11) is 0. The van der Waals surface area contributed by atoms with Crippen LogP contribution in [0.3, 0.4) is 0 Å². The highest BCUT2D eigenvalue weighted by Gasteiger charge is 2.25. The number of ether oxygens (including phenoxy) is 2. The SMILES string of the molecule is Cc1ncsc1C(=O)N1CCSC(c2ccc3c(c2)OCO3)CC1. The van der Waals surface area contributed by atoms with E-state index in [-0.39, 0.29) is 5.91 Å². The summed E-state index contributed by atoms with van der Waals surface area (Å²) in [5.41, 5.74) is 3.81. The van der Waals surface area contributed by atoms with Crippen molar-refractivity contribution in [3.63, 3.8) is 0 Å². The molecule has 1 saturated heterocycles. The van der Waals surface area contributed by atoms with Gasteiger partial charge in [-0.1, -0.05) is 6.07 Å². The van der Waals surface area contributed by atoms with Gasteiger partial charge in [0, 0.05) is 24.1 Å². The highest BCUT2D eigenvalue weighted by molar-refractivity contribution is 7.99. The first-order chi connectivity index (χ1) is 11.7. The van der Waals surface area contributed by atoms with Gasteiger partial charge in [-0.05, 0) is 31.0 Å². The van der Waals surface area contributed by atoms with E-state index < -0.39 is 0 Å². The van der Waals surface area contributed by atoms with Crippen molar-refractivity contribution in [3.05, 3.63) is 39.8 Å². The Morgan fingerprint density at radius 1 is 1.29 bits per heavy atom. The molecule has 1 unspecified atom stereocenters. The van der Waals surface area contributed by atoms with Crippen LogP contribution in [0.4, 0.5) is 0 Å². The molecule has 1 atom stereocenters. The molecule has 0 radical (unpaired) electrons. The molecule has 2 aliphatic rings. The lowest BCUT2D eigenvalue weighted by atomic mass is 10.1. The van der Waals surface area contributed by atoms with E-state index in [9.17, 15) is 4.79 Å². The van der Waals surface area contributed by atoms with Crippen LogP contribution in [0.5, 0.6) is 11.5 Å². The third-order valence-electron chi connectivity index (χ3n) is 4.34. The Hall–Kier alpha value is -1.73. The molecule has 3 heterocycles. The van der Waals surface area contributed by atoms with Gasteiger partial charge in [0.05, 0.1) is 11.2 Å². The first-order valence-electron chi connectivity index (χ1n) is 7.93. The minimum absolute atomic E-state index is 0.113. The molecule has 2 aromatic rings. The zero-order valence-corrected chi connectivity index (χ0v) is 15.0. The Kier molecular flexibility index (Phi) is 4.37. The highest BCUT2D eigenvalue weighted by atomic mass is 32.2. The maximum atomic E-state index is 12.7. The summed E-state index contributed by atoms with van der Waals surface area (Å²) in [6.45, 7) is 3.74. The van der Waals surface area contributed by atoms with Crippen LogP contribution in [-0.4, -0.2) is 41.4 Å². The zero-order chi connectivity index (χ0) is 16.5. The fraction of sp³-hybridized carbons (Fsp3) is 0.412. The van der Waals surface area contributed by atoms with Crippen molar-refractivity contribution in [2.24, 2.45) is 0 Å². The van der Waals surface area contributed by atoms with Gasteiger partial charge in [0.1, 0.15) is 4.88 Å². The smallest absolute Gasteiger partial charge is 0.265 e. The number of hydrogen-bond acceptors (Lipinski definition) is 6. The molecular weight excluding hydrogens is 344 g/mol. The van der Waals surface area contributed by atoms with Gasteiger partial charge in [0.2, 0.25) is 6.79 Å². The summed E-state index contributed by atoms with van der Waals surface area (Å²) >= 11 is 3.33. The van der Waals surface area contributed by atoms with Crippen molar-refractivity contribution in [3.8, 4) is 11.5 Å². The fourth-order valence-corrected chi connectivity index (χ4v) is 4.99. The molecular formula is C17H18N2O3S2. The van der Waals surface area contributed by atoms with Crippen molar-refractivity contribution in [2.75, 3.05) is 25.6 Å². The quantitative estimate of drug-likeness (QED) is 0.818. The minimum Gasteiger partial charge on any atom is -0.454 e. The molecule has 0 saturated carbocycles. The molecule has 126 valence electrons. The lowest BCUT2D eigenvalue weighted by molar-refractivity contribution is 0.0770. The second kappa shape index (κ2) is 6.64. The van der Waals surface area contributed by atoms with Gasteiger partial charge in [0.25, 0.3) is 5.91 Å². The third-order valence-corrected chi connectivity index (χ3v) is 6.58. The predicted molar refractivity (Wildman–Crippen MR) is 95.1 cm³/mol. The molecule has 0 aliphatic carbocycles. The Labute approximate surface area is 149 Å². The van der Waals surface area contributed by atoms with E-state index in [0.717, 1.165) is 47.3 Å². The monoisotopic (exact) mass is 362 g/mol. The summed E-state index contributed by atoms with van der Waals surface area (Å²) in [5, 5.41) is 0.375. The van der Waals surface area contributed by atoms with Crippen LogP contribution in [0.2, 0.25) is 0 Å². The van der Waals surface area contributed by atoms with Gasteiger partial charge in [-0.2, -0.15) is 11.8 Å². The number of aromatic nitrogens is 1. The van der Waals surface area contributed by atoms with Crippen molar-refractivity contribution < 1.29 is 14.3 Å². The molecule has 24 heavy (non-hydrogen) atoms. The lowest BCUT2D eigenvalue weighted by Gasteiger charge is -2.19. The van der Waals surface area contributed by atoms with Gasteiger partial charge in [-0.15, -0.1) is 11.3 Å². The first kappa shape index (κ1) is 15.8. The van der Waals surface area contributed by atoms with Crippen LogP contribution < -0.4 is 9.47 Å². The zero-order valence-electron chi connectivity index (χ0n) is 13.4. The van der Waals surface area contributed by atoms with Crippen LogP contribution in [-0.2, 0) is 0 Å². The number of aryl methyl sites for hydroxylation is 1. The Morgan fingerprint density at radius 2 is 2.17 bits per heavy atom. The first-order valence-corrected chi connectivity index (χ1v) is 9.86. The molecule has 5 nitrogen and oxygen atoms in total. The largest absolute Gasteiger partial charge is 0.454 e. The van der Waals surface area contributed by atoms with Crippen molar-refractivity contribution in [1.29, 1.82) is 0 Å². The summed E-state index contributed by atoms with van der Waals surface area (Å²) < 4.78 is 10.9. The predicted octanol–water partition coefficient (Wildman–Crippen LogP) is 3.50. The van der Waals surface area contributed by atoms with E-state index in [1.54, 1.807) is 5.51 Å². The number of thiazole rings is 1. The minimum atomic E-state index is 0.113. The van der Waals surface area contributed by atoms with Crippen LogP contribution >= 0.6 is 23.1 Å². The molecule has 1 aromatic heterocycles. The number of carbonyl (C=O) groups is 1. The van der Waals surface area contributed by atoms with E-state index in [0.29, 0.717) is 12.0 Å². The average Bonchev–Trinajstić information content (AvgIpc) is 3.15. The maximum Gasteiger partial charge on any atom is 0.265 e. The van der Waals surface area contributed by atoms with Crippen molar-refractivity contribution in [2.45, 2.75) is 18.6 Å². The lowest BCUT2D eigenvalue weighted by Crippen LogP contribution is -2.32. The summed E-state index contributed by atoms with van der Waals surface area (Å²) in [4.78, 5) is 19.6. The molecule has 1 fully saturated rings. The van der Waals surface area contributed by atoms with E-state index >= 15 is 0 Å². The van der Waals surface area contributed by atoms with Crippen LogP contribution in [0.25, 0.3) is 0 Å². The molecule has 0 N–H and O–H groups in total. The molecule has 2 aliphatic heterocycles. The topological polar surface area (TPSA) is 51.7 Å². The number of amides is 1. The van der Waals surface area contributed by atoms with Gasteiger partial charge in [-0.25, -0.2) is 4.98 Å². The highest BCUT2D eigenvalue weighted by Crippen LogP contribution is 2.40. The van der Waals surface area contributed by atoms with E-state index in [1.807, 2.05) is 29.7 Å². The standard InChI is InChI=1S/C17H18N2O3S2/c1-11-16(24-9-18-11)17(20)19-5-4-15(23-7-6-19)12-2-3-13-14(8-12)22-10-21-13/h2-3,8-9,15H,4-7,10H2,1H3. The van der Waals surface area contributed by atoms with Gasteiger partial charge < -0.3 is 14.4 Å². The Morgan fingerprint density at radius 3 is 3.00 bits per heavy atom. The fourth-order valence-electron chi connectivity index (χ4n) is 3.00. The van der Waals surface area contributed by atoms with Crippen molar-refractivity contribution >= 4 is 29.0 Å². The van der Waals surface area contributed by atoms with Crippen molar-refractivity contribution in [1.82, 2.24) is 9.88 Å². The van der Waals surface area contributed by atoms with Crippen LogP contribution in [0, 0.1) is 6.92 Å². The average molecular weight is 362 g/mol. The number of benzene rings is 1. The van der Waals surface area contributed by atoms with Crippen LogP contribution in [0.1, 0.15) is 32.6 Å². The van der Waals surface area contributed by atoms with Gasteiger partial charge >= 0.3 is 0 Å². The Bertz CT molecular complexity index is 762. The number of rotatable bonds is 2. The summed E-state index contributed by atoms with van der Waals surface area (Å²) in [6.07, 6.45) is 0.938. The molecule has 4 rings (SSSR count). The van der Waals surface area contributed by atoms with E-state index in [4.69, 9.17) is 9.47 Å². The molecule has 7 heteroatoms. The second-order valence-electron chi connectivity index (χ2n) is 5.82. The molecule has 0 bridgehead atoms. The van der Waals surface area contributed by atoms with Gasteiger partial charge in [-0.3, -0.25) is 4.79 Å². The number of fused-ring (bicyclic) bond motifs is 1. The summed E-state index contributed by atoms with van der Waals surface area (Å²) in [6, 6.07) is 6.16. The third kappa shape index (κ3) is 2.98. The molecule has 1 amide bonds. The van der Waals surface area contributed by atoms with E-state index in [1.165, 1.54) is 16.9 Å². The number of thioether (sulfide) groups is 1. The Balaban J connectivity index is 1.46. The molecule has 0 spiro atoms. The number of carbonyl (C=O) groups excluding carboxylic acids is 1. The van der Waals surface area contributed by atoms with E-state index in [2.05, 4.69) is 17.1 Å². The van der Waals surface area contributed by atoms with Gasteiger partial charge in [0.15, 0.2) is 11.5 Å². The maximum absolute atomic E-state index is 12.7. The van der Waals surface area contributed by atoms with Crippen LogP contribution in [0.15, 0.2) is 23.7 Å². The number of hydrogen-bond donors (Lipinski definition) is 0.